The van der Waals surface area contributed by atoms with Gasteiger partial charge in [-0.15, -0.1) is 0 Å². The first-order valence-electron chi connectivity index (χ1n) is 3.58. The molecule has 1 amide bonds. The molecule has 6 N–H and O–H groups in total. The number of pyridine rings is 1. The number of amides is 1. The van der Waals surface area contributed by atoms with Gasteiger partial charge in [-0.25, -0.2) is 4.79 Å². The van der Waals surface area contributed by atoms with Crippen molar-refractivity contribution in [3.63, 3.8) is 0 Å². The van der Waals surface area contributed by atoms with Gasteiger partial charge in [-0.05, 0) is 0 Å². The summed E-state index contributed by atoms with van der Waals surface area (Å²) in [5, 5.41) is 27.5. The number of quaternary nitrogens is 1. The summed E-state index contributed by atoms with van der Waals surface area (Å²) >= 11 is 0. The molecule has 7 nitrogen and oxygen atoms in total. The molecular formula is C7H9N2O5+. The van der Waals surface area contributed by atoms with Gasteiger partial charge in [0.2, 0.25) is 11.6 Å². The molecule has 7 heteroatoms. The van der Waals surface area contributed by atoms with Gasteiger partial charge in [0.05, 0.1) is 0 Å². The van der Waals surface area contributed by atoms with Crippen LogP contribution in [-0.2, 0) is 7.05 Å². The Bertz CT molecular complexity index is 430. The predicted molar refractivity (Wildman–Crippen MR) is 43.9 cm³/mol. The standard InChI is InChI=1S/C7H8N2O5/c1-9-6(13)2(5(8)12)3(10)4(11)7(9)14/h10-11,13H,1H3,(H2,8,12)/p+1. The molecule has 0 saturated heterocycles. The Labute approximate surface area is 77.6 Å². The maximum atomic E-state index is 11.0. The van der Waals surface area contributed by atoms with E-state index in [-0.39, 0.29) is 0 Å². The predicted octanol–water partition coefficient (Wildman–Crippen LogP) is -2.12. The van der Waals surface area contributed by atoms with Crippen molar-refractivity contribution < 1.29 is 25.8 Å². The number of nitrogens with zero attached hydrogens (tertiary/aromatic N) is 1. The normalized spacial score (nSPS) is 10.1. The van der Waals surface area contributed by atoms with Crippen molar-refractivity contribution in [2.45, 2.75) is 0 Å². The Balaban J connectivity index is 3.78. The Morgan fingerprint density at radius 2 is 1.79 bits per heavy atom. The second-order valence-corrected chi connectivity index (χ2v) is 2.68. The van der Waals surface area contributed by atoms with E-state index >= 15 is 0 Å². The molecule has 1 rings (SSSR count). The molecule has 0 spiro atoms. The minimum absolute atomic E-state index is 0.579. The zero-order valence-corrected chi connectivity index (χ0v) is 7.31. The molecule has 0 unspecified atom stereocenters. The average Bonchev–Trinajstić information content (AvgIpc) is 2.11. The lowest BCUT2D eigenvalue weighted by Gasteiger charge is -2.07. The van der Waals surface area contributed by atoms with Crippen molar-refractivity contribution in [2.24, 2.45) is 7.05 Å². The van der Waals surface area contributed by atoms with Crippen LogP contribution in [0.15, 0.2) is 4.79 Å². The lowest BCUT2D eigenvalue weighted by Crippen LogP contribution is -2.57. The molecular weight excluding hydrogens is 192 g/mol. The molecule has 0 aliphatic heterocycles. The fourth-order valence-electron chi connectivity index (χ4n) is 1.01. The SMILES string of the molecule is Cn1c(O)c(C([NH3+])=O)c(O)c(O)c1=O. The molecule has 1 aromatic rings. The summed E-state index contributed by atoms with van der Waals surface area (Å²) in [6.07, 6.45) is 0. The highest BCUT2D eigenvalue weighted by molar-refractivity contribution is 5.92. The molecule has 0 saturated carbocycles. The Morgan fingerprint density at radius 3 is 2.21 bits per heavy atom. The van der Waals surface area contributed by atoms with Gasteiger partial charge in [-0.3, -0.25) is 15.1 Å². The molecule has 1 aromatic heterocycles. The second kappa shape index (κ2) is 3.04. The van der Waals surface area contributed by atoms with E-state index in [2.05, 4.69) is 5.73 Å². The molecule has 0 bridgehead atoms. The first-order valence-corrected chi connectivity index (χ1v) is 3.58. The maximum Gasteiger partial charge on any atom is 0.350 e. The zero-order valence-electron chi connectivity index (χ0n) is 7.31. The number of aromatic nitrogens is 1. The minimum atomic E-state index is -0.995. The Morgan fingerprint density at radius 1 is 1.29 bits per heavy atom. The molecule has 0 aliphatic rings. The molecule has 76 valence electrons. The van der Waals surface area contributed by atoms with E-state index in [1.54, 1.807) is 0 Å². The van der Waals surface area contributed by atoms with E-state index in [0.29, 0.717) is 4.57 Å². The van der Waals surface area contributed by atoms with Gasteiger partial charge in [0.25, 0.3) is 5.56 Å². The van der Waals surface area contributed by atoms with E-state index in [4.69, 9.17) is 10.2 Å². The van der Waals surface area contributed by atoms with E-state index in [9.17, 15) is 14.7 Å². The molecule has 14 heavy (non-hydrogen) atoms. The number of aromatic hydroxyl groups is 3. The molecule has 0 aromatic carbocycles. The van der Waals surface area contributed by atoms with Crippen LogP contribution in [0.5, 0.6) is 17.4 Å². The van der Waals surface area contributed by atoms with E-state index < -0.39 is 34.4 Å². The van der Waals surface area contributed by atoms with Crippen LogP contribution in [0.3, 0.4) is 0 Å². The van der Waals surface area contributed by atoms with E-state index in [1.165, 1.54) is 0 Å². The monoisotopic (exact) mass is 201 g/mol. The molecule has 0 atom stereocenters. The number of carbonyl (C=O) groups excluding carboxylic acids is 1. The Kier molecular flexibility index (Phi) is 2.18. The summed E-state index contributed by atoms with van der Waals surface area (Å²) in [5.41, 5.74) is 1.38. The van der Waals surface area contributed by atoms with Crippen LogP contribution in [-0.4, -0.2) is 25.8 Å². The third-order valence-electron chi connectivity index (χ3n) is 1.79. The van der Waals surface area contributed by atoms with Gasteiger partial charge in [-0.1, -0.05) is 0 Å². The van der Waals surface area contributed by atoms with Gasteiger partial charge in [-0.2, -0.15) is 0 Å². The summed E-state index contributed by atoms with van der Waals surface area (Å²) < 4.78 is 0.632. The third-order valence-corrected chi connectivity index (χ3v) is 1.79. The molecule has 0 fully saturated rings. The van der Waals surface area contributed by atoms with Gasteiger partial charge in [0.1, 0.15) is 0 Å². The van der Waals surface area contributed by atoms with Crippen LogP contribution in [0.4, 0.5) is 0 Å². The highest BCUT2D eigenvalue weighted by atomic mass is 16.3. The van der Waals surface area contributed by atoms with Gasteiger partial charge in [0.15, 0.2) is 11.3 Å². The number of carbonyl (C=O) groups is 1. The number of hydrogen-bond acceptors (Lipinski definition) is 5. The summed E-state index contributed by atoms with van der Waals surface area (Å²) in [6.45, 7) is 0. The van der Waals surface area contributed by atoms with Crippen molar-refractivity contribution >= 4 is 5.91 Å². The fraction of sp³-hybridized carbons (Fsp3) is 0.143. The summed E-state index contributed by atoms with van der Waals surface area (Å²) in [7, 11) is 1.14. The summed E-state index contributed by atoms with van der Waals surface area (Å²) in [5.74, 6) is -3.57. The van der Waals surface area contributed by atoms with Crippen molar-refractivity contribution in [2.75, 3.05) is 0 Å². The molecule has 0 aliphatic carbocycles. The number of hydrogen-bond donors (Lipinski definition) is 4. The average molecular weight is 201 g/mol. The van der Waals surface area contributed by atoms with Gasteiger partial charge in [0, 0.05) is 7.05 Å². The first kappa shape index (κ1) is 10.1. The summed E-state index contributed by atoms with van der Waals surface area (Å²) in [6, 6.07) is 0. The first-order chi connectivity index (χ1) is 6.37. The number of rotatable bonds is 1. The smallest absolute Gasteiger partial charge is 0.350 e. The van der Waals surface area contributed by atoms with Crippen molar-refractivity contribution in [3.8, 4) is 17.4 Å². The van der Waals surface area contributed by atoms with Crippen LogP contribution in [0.1, 0.15) is 10.4 Å². The van der Waals surface area contributed by atoms with Crippen LogP contribution < -0.4 is 11.3 Å². The van der Waals surface area contributed by atoms with Crippen molar-refractivity contribution in [1.29, 1.82) is 0 Å². The highest BCUT2D eigenvalue weighted by Crippen LogP contribution is 2.30. The van der Waals surface area contributed by atoms with Crippen LogP contribution in [0, 0.1) is 0 Å². The van der Waals surface area contributed by atoms with E-state index in [1.807, 2.05) is 0 Å². The topological polar surface area (TPSA) is 127 Å². The van der Waals surface area contributed by atoms with Gasteiger partial charge < -0.3 is 15.3 Å². The largest absolute Gasteiger partial charge is 0.503 e. The van der Waals surface area contributed by atoms with Crippen molar-refractivity contribution in [1.82, 2.24) is 4.57 Å². The third kappa shape index (κ3) is 1.19. The second-order valence-electron chi connectivity index (χ2n) is 2.68. The molecule has 0 radical (unpaired) electrons. The quantitative estimate of drug-likeness (QED) is 0.413. The summed E-state index contributed by atoms with van der Waals surface area (Å²) in [4.78, 5) is 21.9. The van der Waals surface area contributed by atoms with Gasteiger partial charge >= 0.3 is 5.91 Å². The van der Waals surface area contributed by atoms with E-state index in [0.717, 1.165) is 7.05 Å². The fourth-order valence-corrected chi connectivity index (χ4v) is 1.01. The zero-order chi connectivity index (χ0) is 11.0. The Hall–Kier alpha value is -2.02. The minimum Gasteiger partial charge on any atom is -0.503 e. The lowest BCUT2D eigenvalue weighted by molar-refractivity contribution is -0.255. The maximum absolute atomic E-state index is 11.0. The van der Waals surface area contributed by atoms with Crippen LogP contribution in [0.2, 0.25) is 0 Å². The van der Waals surface area contributed by atoms with Crippen molar-refractivity contribution in [3.05, 3.63) is 15.9 Å². The molecule has 1 heterocycles. The lowest BCUT2D eigenvalue weighted by atomic mass is 10.2. The highest BCUT2D eigenvalue weighted by Gasteiger charge is 2.24. The van der Waals surface area contributed by atoms with Crippen LogP contribution >= 0.6 is 0 Å². The van der Waals surface area contributed by atoms with Crippen LogP contribution in [0.25, 0.3) is 0 Å².